The summed E-state index contributed by atoms with van der Waals surface area (Å²) in [6, 6.07) is 0. The molecule has 0 radical (unpaired) electrons. The van der Waals surface area contributed by atoms with Crippen LogP contribution >= 0.6 is 0 Å². The van der Waals surface area contributed by atoms with Crippen LogP contribution in [-0.4, -0.2) is 35.7 Å². The molecule has 0 unspecified atom stereocenters. The molecular weight excluding hydrogens is 168 g/mol. The molecule has 6 heteroatoms. The Labute approximate surface area is 69.7 Å². The van der Waals surface area contributed by atoms with E-state index in [1.807, 2.05) is 0 Å². The third-order valence-corrected chi connectivity index (χ3v) is 0.505. The van der Waals surface area contributed by atoms with E-state index in [1.165, 1.54) is 13.8 Å². The van der Waals surface area contributed by atoms with Gasteiger partial charge in [-0.05, 0) is 13.8 Å². The molecule has 0 aliphatic rings. The van der Waals surface area contributed by atoms with Crippen LogP contribution in [0.1, 0.15) is 13.8 Å². The average molecular weight is 180 g/mol. The van der Waals surface area contributed by atoms with E-state index in [1.54, 1.807) is 0 Å². The normalized spacial score (nSPS) is 13.0. The summed E-state index contributed by atoms with van der Waals surface area (Å²) in [5, 5.41) is 16.2. The van der Waals surface area contributed by atoms with Gasteiger partial charge in [0, 0.05) is 0 Å². The summed E-state index contributed by atoms with van der Waals surface area (Å²) in [5.74, 6) is 0. The summed E-state index contributed by atoms with van der Waals surface area (Å²) >= 11 is 0. The van der Waals surface area contributed by atoms with E-state index < -0.39 is 12.6 Å². The van der Waals surface area contributed by atoms with Crippen molar-refractivity contribution < 1.29 is 29.3 Å². The minimum absolute atomic E-state index is 0.199. The lowest BCUT2D eigenvalue weighted by Crippen LogP contribution is -2.02. The van der Waals surface area contributed by atoms with Crippen molar-refractivity contribution in [2.45, 2.75) is 26.4 Å². The first-order chi connectivity index (χ1) is 5.54. The Bertz CT molecular complexity index is 96.6. The molecule has 72 valence electrons. The molecule has 0 amide bonds. The topological polar surface area (TPSA) is 93.1 Å². The van der Waals surface area contributed by atoms with Gasteiger partial charge in [0.05, 0.1) is 0 Å². The zero-order valence-electron chi connectivity index (χ0n) is 6.84. The lowest BCUT2D eigenvalue weighted by atomic mass is 10.8. The molecule has 0 aliphatic heterocycles. The molecule has 0 rings (SSSR count). The smallest absolute Gasteiger partial charge is 0.295 e. The van der Waals surface area contributed by atoms with Crippen LogP contribution in [0.3, 0.4) is 0 Å². The number of aliphatic hydroxyl groups excluding tert-OH is 2. The van der Waals surface area contributed by atoms with Gasteiger partial charge in [0.2, 0.25) is 0 Å². The molecule has 0 saturated carbocycles. The van der Waals surface area contributed by atoms with Crippen LogP contribution in [0.15, 0.2) is 0 Å². The second-order valence-corrected chi connectivity index (χ2v) is 1.66. The molecule has 0 bridgehead atoms. The Kier molecular flexibility index (Phi) is 11.1. The van der Waals surface area contributed by atoms with Gasteiger partial charge < -0.3 is 19.7 Å². The molecule has 0 saturated heterocycles. The van der Waals surface area contributed by atoms with Gasteiger partial charge in [-0.15, -0.1) is 0 Å². The van der Waals surface area contributed by atoms with Crippen molar-refractivity contribution >= 4 is 12.9 Å². The van der Waals surface area contributed by atoms with Gasteiger partial charge in [0.1, 0.15) is 0 Å². The highest BCUT2D eigenvalue weighted by Gasteiger charge is 1.85. The van der Waals surface area contributed by atoms with Crippen molar-refractivity contribution in [2.75, 3.05) is 0 Å². The Balaban J connectivity index is 0. The summed E-state index contributed by atoms with van der Waals surface area (Å²) in [7, 11) is 0. The van der Waals surface area contributed by atoms with E-state index in [2.05, 4.69) is 9.47 Å². The van der Waals surface area contributed by atoms with Crippen LogP contribution < -0.4 is 0 Å². The fraction of sp³-hybridized carbons (Fsp3) is 0.667. The number of ether oxygens (including phenoxy) is 2. The Morgan fingerprint density at radius 3 is 1.25 bits per heavy atom. The molecule has 0 aromatic heterocycles. The molecule has 2 N–H and O–H groups in total. The first kappa shape index (κ1) is 13.4. The second-order valence-electron chi connectivity index (χ2n) is 1.66. The van der Waals surface area contributed by atoms with E-state index in [9.17, 15) is 9.59 Å². The van der Waals surface area contributed by atoms with E-state index in [0.717, 1.165) is 0 Å². The SMILES string of the molecule is C[C@@H](O)OC=O.C[C@@H](O)OC=O. The zero-order chi connectivity index (χ0) is 9.98. The van der Waals surface area contributed by atoms with Crippen LogP contribution in [0.2, 0.25) is 0 Å². The standard InChI is InChI=1S/2C3H6O3/c2*1-3(5)6-2-4/h2*2-3,5H,1H3/t2*3-/m00/s1. The molecule has 12 heavy (non-hydrogen) atoms. The number of aliphatic hydroxyl groups is 2. The highest BCUT2D eigenvalue weighted by Crippen LogP contribution is 1.74. The Morgan fingerprint density at radius 2 is 1.25 bits per heavy atom. The quantitative estimate of drug-likeness (QED) is 0.425. The summed E-state index contributed by atoms with van der Waals surface area (Å²) in [6.07, 6.45) is -1.94. The van der Waals surface area contributed by atoms with Crippen molar-refractivity contribution in [3.63, 3.8) is 0 Å². The van der Waals surface area contributed by atoms with Crippen molar-refractivity contribution in [1.29, 1.82) is 0 Å². The summed E-state index contributed by atoms with van der Waals surface area (Å²) in [5.41, 5.74) is 0. The van der Waals surface area contributed by atoms with Gasteiger partial charge >= 0.3 is 0 Å². The van der Waals surface area contributed by atoms with Gasteiger partial charge in [-0.2, -0.15) is 0 Å². The van der Waals surface area contributed by atoms with Crippen molar-refractivity contribution in [3.05, 3.63) is 0 Å². The van der Waals surface area contributed by atoms with Crippen molar-refractivity contribution in [2.24, 2.45) is 0 Å². The molecule has 0 aromatic rings. The van der Waals surface area contributed by atoms with Gasteiger partial charge in [0.15, 0.2) is 12.6 Å². The lowest BCUT2D eigenvalue weighted by Gasteiger charge is -1.95. The summed E-state index contributed by atoms with van der Waals surface area (Å²) < 4.78 is 7.83. The fourth-order valence-corrected chi connectivity index (χ4v) is 0.161. The minimum atomic E-state index is -0.970. The third-order valence-electron chi connectivity index (χ3n) is 0.505. The zero-order valence-corrected chi connectivity index (χ0v) is 6.84. The second kappa shape index (κ2) is 9.86. The van der Waals surface area contributed by atoms with E-state index in [-0.39, 0.29) is 12.9 Å². The van der Waals surface area contributed by atoms with Gasteiger partial charge in [-0.3, -0.25) is 9.59 Å². The maximum atomic E-state index is 9.23. The number of carbonyl (C=O) groups is 2. The molecule has 2 atom stereocenters. The monoisotopic (exact) mass is 180 g/mol. The molecule has 0 aromatic carbocycles. The van der Waals surface area contributed by atoms with Crippen LogP contribution in [-0.2, 0) is 19.1 Å². The highest BCUT2D eigenvalue weighted by molar-refractivity contribution is 5.37. The first-order valence-electron chi connectivity index (χ1n) is 3.09. The first-order valence-corrected chi connectivity index (χ1v) is 3.09. The fourth-order valence-electron chi connectivity index (χ4n) is 0.161. The highest BCUT2D eigenvalue weighted by atomic mass is 16.6. The molecular formula is C6H12O6. The summed E-state index contributed by atoms with van der Waals surface area (Å²) in [4.78, 5) is 18.5. The van der Waals surface area contributed by atoms with E-state index in [4.69, 9.17) is 10.2 Å². The maximum Gasteiger partial charge on any atom is 0.295 e. The lowest BCUT2D eigenvalue weighted by molar-refractivity contribution is -0.149. The van der Waals surface area contributed by atoms with E-state index >= 15 is 0 Å². The van der Waals surface area contributed by atoms with Crippen LogP contribution in [0, 0.1) is 0 Å². The van der Waals surface area contributed by atoms with E-state index in [0.29, 0.717) is 0 Å². The molecule has 0 aliphatic carbocycles. The van der Waals surface area contributed by atoms with Crippen molar-refractivity contribution in [3.8, 4) is 0 Å². The largest absolute Gasteiger partial charge is 0.438 e. The molecule has 0 heterocycles. The molecule has 6 nitrogen and oxygen atoms in total. The number of rotatable bonds is 4. The number of hydrogen-bond donors (Lipinski definition) is 2. The predicted octanol–water partition coefficient (Wildman–Crippen LogP) is -1.00. The number of hydrogen-bond acceptors (Lipinski definition) is 6. The van der Waals surface area contributed by atoms with Crippen LogP contribution in [0.5, 0.6) is 0 Å². The van der Waals surface area contributed by atoms with Crippen LogP contribution in [0.25, 0.3) is 0 Å². The summed E-state index contributed by atoms with van der Waals surface area (Å²) in [6.45, 7) is 3.11. The Hall–Kier alpha value is -1.14. The average Bonchev–Trinajstić information content (AvgIpc) is 1.87. The van der Waals surface area contributed by atoms with Gasteiger partial charge in [-0.25, -0.2) is 0 Å². The van der Waals surface area contributed by atoms with Crippen molar-refractivity contribution in [1.82, 2.24) is 0 Å². The third kappa shape index (κ3) is 23.2. The number of carbonyl (C=O) groups excluding carboxylic acids is 2. The van der Waals surface area contributed by atoms with Gasteiger partial charge in [-0.1, -0.05) is 0 Å². The molecule has 0 fully saturated rings. The molecule has 0 spiro atoms. The maximum absolute atomic E-state index is 9.23. The Morgan fingerprint density at radius 1 is 1.00 bits per heavy atom. The minimum Gasteiger partial charge on any atom is -0.438 e. The van der Waals surface area contributed by atoms with Crippen LogP contribution in [0.4, 0.5) is 0 Å². The predicted molar refractivity (Wildman–Crippen MR) is 37.7 cm³/mol. The van der Waals surface area contributed by atoms with Gasteiger partial charge in [0.25, 0.3) is 12.9 Å².